The van der Waals surface area contributed by atoms with Crippen molar-refractivity contribution in [3.8, 4) is 0 Å². The van der Waals surface area contributed by atoms with Gasteiger partial charge in [-0.2, -0.15) is 5.10 Å². The summed E-state index contributed by atoms with van der Waals surface area (Å²) in [6, 6.07) is 2.00. The molecule has 4 rings (SSSR count). The number of aryl methyl sites for hydroxylation is 1. The second-order valence-electron chi connectivity index (χ2n) is 6.28. The van der Waals surface area contributed by atoms with Crippen molar-refractivity contribution in [2.45, 2.75) is 37.4 Å². The lowest BCUT2D eigenvalue weighted by atomic mass is 10.2. The Morgan fingerprint density at radius 2 is 2.20 bits per heavy atom. The Hall–Kier alpha value is -1.91. The molecule has 2 aromatic heterocycles. The van der Waals surface area contributed by atoms with E-state index in [1.54, 1.807) is 12.3 Å². The number of H-pyrrole nitrogens is 1. The van der Waals surface area contributed by atoms with Gasteiger partial charge in [-0.25, -0.2) is 23.5 Å². The summed E-state index contributed by atoms with van der Waals surface area (Å²) in [6.07, 6.45) is 6.30. The lowest BCUT2D eigenvalue weighted by Crippen LogP contribution is -2.12. The van der Waals surface area contributed by atoms with Crippen LogP contribution in [-0.4, -0.2) is 28.6 Å². The predicted molar refractivity (Wildman–Crippen MR) is 96.8 cm³/mol. The van der Waals surface area contributed by atoms with Crippen molar-refractivity contribution in [3.05, 3.63) is 39.7 Å². The number of nitrogens with one attached hydrogen (secondary N) is 2. The number of nitrogens with two attached hydrogens (primary N) is 1. The molecule has 3 heterocycles. The van der Waals surface area contributed by atoms with Crippen LogP contribution in [0.3, 0.4) is 0 Å². The van der Waals surface area contributed by atoms with Gasteiger partial charge in [-0.15, -0.1) is 11.8 Å². The Labute approximate surface area is 149 Å². The SMILES string of the molecule is Cc1cnc(C2CC=C(S(N)(=O)=O)S2)nc1Nc1cc(C2CC2)[nH]n1. The van der Waals surface area contributed by atoms with Crippen molar-refractivity contribution in [2.24, 2.45) is 5.14 Å². The van der Waals surface area contributed by atoms with E-state index in [0.29, 0.717) is 24.0 Å². The molecule has 1 aliphatic carbocycles. The standard InChI is InChI=1S/C15H18N6O2S2/c1-8-7-17-15(11-4-5-13(24-11)25(16,22)23)19-14(8)18-12-6-10(20-21-12)9-2-3-9/h5-7,9,11H,2-4H2,1H3,(H2,16,22,23)(H2,17,18,19,20,21). The van der Waals surface area contributed by atoms with Crippen LogP contribution in [0, 0.1) is 6.92 Å². The molecule has 25 heavy (non-hydrogen) atoms. The van der Waals surface area contributed by atoms with Crippen LogP contribution in [0.5, 0.6) is 0 Å². The highest BCUT2D eigenvalue weighted by Gasteiger charge is 2.28. The van der Waals surface area contributed by atoms with Gasteiger partial charge < -0.3 is 5.32 Å². The first-order valence-electron chi connectivity index (χ1n) is 7.95. The maximum absolute atomic E-state index is 11.5. The molecule has 1 aliphatic heterocycles. The molecule has 1 saturated carbocycles. The highest BCUT2D eigenvalue weighted by Crippen LogP contribution is 2.44. The minimum atomic E-state index is -3.67. The number of anilines is 2. The van der Waals surface area contributed by atoms with E-state index in [1.165, 1.54) is 24.6 Å². The van der Waals surface area contributed by atoms with E-state index in [9.17, 15) is 8.42 Å². The summed E-state index contributed by atoms with van der Waals surface area (Å²) < 4.78 is 23.1. The van der Waals surface area contributed by atoms with Gasteiger partial charge in [0.1, 0.15) is 15.9 Å². The second kappa shape index (κ2) is 6.11. The monoisotopic (exact) mass is 378 g/mol. The van der Waals surface area contributed by atoms with Crippen LogP contribution in [-0.2, 0) is 10.0 Å². The average Bonchev–Trinajstić information content (AvgIpc) is 3.09. The number of aromatic nitrogens is 4. The normalized spacial score (nSPS) is 20.6. The van der Waals surface area contributed by atoms with Crippen molar-refractivity contribution in [1.29, 1.82) is 0 Å². The molecular formula is C15H18N6O2S2. The Morgan fingerprint density at radius 3 is 2.88 bits per heavy atom. The first kappa shape index (κ1) is 16.6. The van der Waals surface area contributed by atoms with Gasteiger partial charge in [0.15, 0.2) is 5.82 Å². The summed E-state index contributed by atoms with van der Waals surface area (Å²) in [5.74, 6) is 2.56. The summed E-state index contributed by atoms with van der Waals surface area (Å²) in [5.41, 5.74) is 2.03. The van der Waals surface area contributed by atoms with Gasteiger partial charge in [0, 0.05) is 29.4 Å². The maximum Gasteiger partial charge on any atom is 0.243 e. The van der Waals surface area contributed by atoms with Crippen LogP contribution >= 0.6 is 11.8 Å². The first-order valence-corrected chi connectivity index (χ1v) is 10.4. The molecule has 4 N–H and O–H groups in total. The number of thioether (sulfide) groups is 1. The largest absolute Gasteiger partial charge is 0.323 e. The number of allylic oxidation sites excluding steroid dienone is 1. The molecule has 10 heteroatoms. The van der Waals surface area contributed by atoms with E-state index < -0.39 is 10.0 Å². The third-order valence-corrected chi connectivity index (χ3v) is 6.98. The fraction of sp³-hybridized carbons (Fsp3) is 0.400. The van der Waals surface area contributed by atoms with Crippen molar-refractivity contribution in [3.63, 3.8) is 0 Å². The molecule has 1 atom stereocenters. The lowest BCUT2D eigenvalue weighted by molar-refractivity contribution is 0.605. The maximum atomic E-state index is 11.5. The van der Waals surface area contributed by atoms with Crippen molar-refractivity contribution < 1.29 is 8.42 Å². The molecule has 132 valence electrons. The van der Waals surface area contributed by atoms with Crippen molar-refractivity contribution in [2.75, 3.05) is 5.32 Å². The van der Waals surface area contributed by atoms with Crippen LogP contribution in [0.4, 0.5) is 11.6 Å². The molecular weight excluding hydrogens is 360 g/mol. The smallest absolute Gasteiger partial charge is 0.243 e. The third kappa shape index (κ3) is 3.55. The molecule has 0 amide bonds. The minimum absolute atomic E-state index is 0.157. The van der Waals surface area contributed by atoms with Gasteiger partial charge in [-0.3, -0.25) is 5.10 Å². The molecule has 0 aromatic carbocycles. The first-order chi connectivity index (χ1) is 11.9. The summed E-state index contributed by atoms with van der Waals surface area (Å²) in [5, 5.41) is 15.6. The molecule has 0 spiro atoms. The predicted octanol–water partition coefficient (Wildman–Crippen LogP) is 2.44. The molecule has 1 unspecified atom stereocenters. The Balaban J connectivity index is 1.52. The van der Waals surface area contributed by atoms with E-state index in [2.05, 4.69) is 25.5 Å². The van der Waals surface area contributed by atoms with Crippen LogP contribution in [0.25, 0.3) is 0 Å². The average molecular weight is 378 g/mol. The Kier molecular flexibility index (Phi) is 4.05. The minimum Gasteiger partial charge on any atom is -0.323 e. The Morgan fingerprint density at radius 1 is 1.40 bits per heavy atom. The number of nitrogens with zero attached hydrogens (tertiary/aromatic N) is 3. The van der Waals surface area contributed by atoms with Gasteiger partial charge >= 0.3 is 0 Å². The summed E-state index contributed by atoms with van der Waals surface area (Å²) >= 11 is 1.18. The summed E-state index contributed by atoms with van der Waals surface area (Å²) in [7, 11) is -3.67. The van der Waals surface area contributed by atoms with E-state index in [-0.39, 0.29) is 9.49 Å². The molecule has 0 radical (unpaired) electrons. The number of rotatable bonds is 5. The fourth-order valence-corrected chi connectivity index (χ4v) is 4.74. The number of aromatic amines is 1. The molecule has 2 aromatic rings. The van der Waals surface area contributed by atoms with Gasteiger partial charge in [-0.1, -0.05) is 6.08 Å². The molecule has 8 nitrogen and oxygen atoms in total. The van der Waals surface area contributed by atoms with Crippen LogP contribution in [0.2, 0.25) is 0 Å². The van der Waals surface area contributed by atoms with E-state index in [4.69, 9.17) is 5.14 Å². The van der Waals surface area contributed by atoms with E-state index in [0.717, 1.165) is 17.1 Å². The topological polar surface area (TPSA) is 127 Å². The van der Waals surface area contributed by atoms with Gasteiger partial charge in [0.05, 0.1) is 5.25 Å². The zero-order chi connectivity index (χ0) is 17.6. The summed E-state index contributed by atoms with van der Waals surface area (Å²) in [4.78, 5) is 8.92. The number of hydrogen-bond donors (Lipinski definition) is 3. The molecule has 1 fully saturated rings. The second-order valence-corrected chi connectivity index (χ2v) is 9.31. The Bertz CT molecular complexity index is 949. The summed E-state index contributed by atoms with van der Waals surface area (Å²) in [6.45, 7) is 1.91. The molecule has 0 bridgehead atoms. The zero-order valence-electron chi connectivity index (χ0n) is 13.6. The number of primary sulfonamides is 1. The highest BCUT2D eigenvalue weighted by atomic mass is 32.3. The van der Waals surface area contributed by atoms with E-state index >= 15 is 0 Å². The lowest BCUT2D eigenvalue weighted by Gasteiger charge is -2.12. The van der Waals surface area contributed by atoms with Crippen molar-refractivity contribution >= 4 is 33.4 Å². The van der Waals surface area contributed by atoms with Crippen LogP contribution < -0.4 is 10.5 Å². The zero-order valence-corrected chi connectivity index (χ0v) is 15.2. The van der Waals surface area contributed by atoms with Gasteiger partial charge in [0.25, 0.3) is 0 Å². The molecule has 2 aliphatic rings. The third-order valence-electron chi connectivity index (χ3n) is 4.18. The van der Waals surface area contributed by atoms with Crippen LogP contribution in [0.15, 0.2) is 22.6 Å². The van der Waals surface area contributed by atoms with E-state index in [1.807, 2.05) is 13.0 Å². The van der Waals surface area contributed by atoms with Crippen LogP contribution in [0.1, 0.15) is 47.5 Å². The van der Waals surface area contributed by atoms with Gasteiger partial charge in [-0.05, 0) is 26.2 Å². The highest BCUT2D eigenvalue weighted by molar-refractivity contribution is 8.18. The fourth-order valence-electron chi connectivity index (χ4n) is 2.64. The van der Waals surface area contributed by atoms with Crippen molar-refractivity contribution in [1.82, 2.24) is 20.2 Å². The molecule has 0 saturated heterocycles. The van der Waals surface area contributed by atoms with Gasteiger partial charge in [0.2, 0.25) is 10.0 Å². The number of hydrogen-bond acceptors (Lipinski definition) is 7. The quantitative estimate of drug-likeness (QED) is 0.729. The number of sulfonamides is 1.